The van der Waals surface area contributed by atoms with Gasteiger partial charge in [0.25, 0.3) is 0 Å². The molecule has 1 fully saturated rings. The number of methoxy groups -OCH3 is 2. The quantitative estimate of drug-likeness (QED) is 0.822. The summed E-state index contributed by atoms with van der Waals surface area (Å²) in [6.07, 6.45) is 4.18. The van der Waals surface area contributed by atoms with E-state index < -0.39 is 0 Å². The second-order valence-electron chi connectivity index (χ2n) is 4.62. The molecule has 1 aliphatic carbocycles. The third-order valence-electron chi connectivity index (χ3n) is 3.43. The van der Waals surface area contributed by atoms with Crippen molar-refractivity contribution in [1.82, 2.24) is 5.32 Å². The summed E-state index contributed by atoms with van der Waals surface area (Å²) in [5, 5.41) is 3.50. The summed E-state index contributed by atoms with van der Waals surface area (Å²) in [5.41, 5.74) is 1.24. The fourth-order valence-corrected chi connectivity index (χ4v) is 2.11. The zero-order chi connectivity index (χ0) is 12.1. The minimum atomic E-state index is 0.787. The predicted molar refractivity (Wildman–Crippen MR) is 68.6 cm³/mol. The summed E-state index contributed by atoms with van der Waals surface area (Å²) < 4.78 is 10.5. The largest absolute Gasteiger partial charge is 0.493 e. The van der Waals surface area contributed by atoms with E-state index in [4.69, 9.17) is 9.47 Å². The monoisotopic (exact) mass is 235 g/mol. The molecule has 0 spiro atoms. The van der Waals surface area contributed by atoms with Gasteiger partial charge in [0.05, 0.1) is 14.2 Å². The van der Waals surface area contributed by atoms with Crippen LogP contribution in [-0.4, -0.2) is 20.8 Å². The molecular weight excluding hydrogens is 214 g/mol. The van der Waals surface area contributed by atoms with E-state index in [1.807, 2.05) is 12.1 Å². The molecule has 1 aromatic rings. The molecular formula is C14H21NO2. The van der Waals surface area contributed by atoms with Gasteiger partial charge in [-0.1, -0.05) is 12.5 Å². The van der Waals surface area contributed by atoms with Gasteiger partial charge < -0.3 is 14.8 Å². The number of ether oxygens (including phenoxy) is 2. The lowest BCUT2D eigenvalue weighted by molar-refractivity contribution is 0.301. The molecule has 17 heavy (non-hydrogen) atoms. The van der Waals surface area contributed by atoms with Crippen molar-refractivity contribution in [2.24, 2.45) is 5.92 Å². The molecule has 0 aromatic heterocycles. The molecule has 3 nitrogen and oxygen atoms in total. The molecule has 0 radical (unpaired) electrons. The third-order valence-corrected chi connectivity index (χ3v) is 3.43. The molecule has 1 aromatic carbocycles. The highest BCUT2D eigenvalue weighted by atomic mass is 16.5. The van der Waals surface area contributed by atoms with Gasteiger partial charge >= 0.3 is 0 Å². The second kappa shape index (κ2) is 5.92. The molecule has 94 valence electrons. The Bertz CT molecular complexity index is 361. The molecule has 1 saturated carbocycles. The second-order valence-corrected chi connectivity index (χ2v) is 4.62. The van der Waals surface area contributed by atoms with Crippen LogP contribution < -0.4 is 14.8 Å². The highest BCUT2D eigenvalue weighted by molar-refractivity contribution is 5.42. The van der Waals surface area contributed by atoms with Crippen LogP contribution in [0.4, 0.5) is 0 Å². The number of hydrogen-bond acceptors (Lipinski definition) is 3. The Morgan fingerprint density at radius 3 is 2.53 bits per heavy atom. The van der Waals surface area contributed by atoms with Gasteiger partial charge in [0.1, 0.15) is 0 Å². The van der Waals surface area contributed by atoms with Gasteiger partial charge in [0.15, 0.2) is 11.5 Å². The summed E-state index contributed by atoms with van der Waals surface area (Å²) in [4.78, 5) is 0. The molecule has 0 aliphatic heterocycles. The van der Waals surface area contributed by atoms with E-state index in [0.717, 1.165) is 30.5 Å². The summed E-state index contributed by atoms with van der Waals surface area (Å²) >= 11 is 0. The van der Waals surface area contributed by atoms with E-state index in [0.29, 0.717) is 0 Å². The van der Waals surface area contributed by atoms with Gasteiger partial charge in [-0.25, -0.2) is 0 Å². The lowest BCUT2D eigenvalue weighted by Crippen LogP contribution is -2.26. The van der Waals surface area contributed by atoms with Crippen LogP contribution in [0.15, 0.2) is 18.2 Å². The van der Waals surface area contributed by atoms with Crippen LogP contribution in [0.1, 0.15) is 24.8 Å². The van der Waals surface area contributed by atoms with Crippen LogP contribution in [0, 0.1) is 5.92 Å². The average molecular weight is 235 g/mol. The van der Waals surface area contributed by atoms with Crippen LogP contribution in [-0.2, 0) is 6.54 Å². The molecule has 0 heterocycles. The SMILES string of the molecule is COc1ccc(CNCC2CCC2)cc1OC. The van der Waals surface area contributed by atoms with Crippen LogP contribution in [0.5, 0.6) is 11.5 Å². The zero-order valence-electron chi connectivity index (χ0n) is 10.7. The maximum Gasteiger partial charge on any atom is 0.161 e. The van der Waals surface area contributed by atoms with Crippen molar-refractivity contribution in [2.75, 3.05) is 20.8 Å². The summed E-state index contributed by atoms with van der Waals surface area (Å²) in [7, 11) is 3.33. The van der Waals surface area contributed by atoms with Crippen LogP contribution in [0.3, 0.4) is 0 Å². The van der Waals surface area contributed by atoms with E-state index in [1.54, 1.807) is 14.2 Å². The van der Waals surface area contributed by atoms with Crippen LogP contribution >= 0.6 is 0 Å². The standard InChI is InChI=1S/C14H21NO2/c1-16-13-7-6-12(8-14(13)17-2)10-15-9-11-4-3-5-11/h6-8,11,15H,3-5,9-10H2,1-2H3. The minimum absolute atomic E-state index is 0.787. The summed E-state index contributed by atoms with van der Waals surface area (Å²) in [6.45, 7) is 2.03. The van der Waals surface area contributed by atoms with E-state index in [-0.39, 0.29) is 0 Å². The number of nitrogens with one attached hydrogen (secondary N) is 1. The first-order chi connectivity index (χ1) is 8.33. The molecule has 0 unspecified atom stereocenters. The maximum absolute atomic E-state index is 5.28. The Balaban J connectivity index is 1.86. The zero-order valence-corrected chi connectivity index (χ0v) is 10.7. The molecule has 0 atom stereocenters. The third kappa shape index (κ3) is 3.13. The van der Waals surface area contributed by atoms with Gasteiger partial charge in [-0.2, -0.15) is 0 Å². The van der Waals surface area contributed by atoms with Crippen LogP contribution in [0.25, 0.3) is 0 Å². The first-order valence-electron chi connectivity index (χ1n) is 6.25. The van der Waals surface area contributed by atoms with Crippen molar-refractivity contribution in [1.29, 1.82) is 0 Å². The van der Waals surface area contributed by atoms with E-state index in [9.17, 15) is 0 Å². The minimum Gasteiger partial charge on any atom is -0.493 e. The Labute approximate surface area is 103 Å². The number of rotatable bonds is 6. The smallest absolute Gasteiger partial charge is 0.161 e. The van der Waals surface area contributed by atoms with Crippen molar-refractivity contribution in [3.8, 4) is 11.5 Å². The predicted octanol–water partition coefficient (Wildman–Crippen LogP) is 2.59. The Morgan fingerprint density at radius 2 is 1.94 bits per heavy atom. The van der Waals surface area contributed by atoms with Gasteiger partial charge in [-0.05, 0) is 43.0 Å². The van der Waals surface area contributed by atoms with Crippen molar-refractivity contribution in [2.45, 2.75) is 25.8 Å². The lowest BCUT2D eigenvalue weighted by Gasteiger charge is -2.25. The fraction of sp³-hybridized carbons (Fsp3) is 0.571. The Morgan fingerprint density at radius 1 is 1.18 bits per heavy atom. The topological polar surface area (TPSA) is 30.5 Å². The number of hydrogen-bond donors (Lipinski definition) is 1. The van der Waals surface area contributed by atoms with E-state index in [1.165, 1.54) is 24.8 Å². The van der Waals surface area contributed by atoms with Crippen molar-refractivity contribution in [3.05, 3.63) is 23.8 Å². The first kappa shape index (κ1) is 12.2. The van der Waals surface area contributed by atoms with E-state index >= 15 is 0 Å². The lowest BCUT2D eigenvalue weighted by atomic mass is 9.85. The molecule has 2 rings (SSSR count). The molecule has 0 bridgehead atoms. The first-order valence-corrected chi connectivity index (χ1v) is 6.25. The summed E-state index contributed by atoms with van der Waals surface area (Å²) in [6, 6.07) is 6.07. The van der Waals surface area contributed by atoms with Crippen molar-refractivity contribution in [3.63, 3.8) is 0 Å². The molecule has 0 amide bonds. The molecule has 1 aliphatic rings. The van der Waals surface area contributed by atoms with Crippen LogP contribution in [0.2, 0.25) is 0 Å². The molecule has 3 heteroatoms. The van der Waals surface area contributed by atoms with Gasteiger partial charge in [-0.15, -0.1) is 0 Å². The van der Waals surface area contributed by atoms with Gasteiger partial charge in [-0.3, -0.25) is 0 Å². The van der Waals surface area contributed by atoms with Crippen molar-refractivity contribution >= 4 is 0 Å². The maximum atomic E-state index is 5.28. The number of benzene rings is 1. The van der Waals surface area contributed by atoms with Crippen molar-refractivity contribution < 1.29 is 9.47 Å². The average Bonchev–Trinajstić information content (AvgIpc) is 2.32. The highest BCUT2D eigenvalue weighted by Gasteiger charge is 2.16. The Kier molecular flexibility index (Phi) is 4.26. The highest BCUT2D eigenvalue weighted by Crippen LogP contribution is 2.28. The molecule has 0 saturated heterocycles. The van der Waals surface area contributed by atoms with Gasteiger partial charge in [0.2, 0.25) is 0 Å². The Hall–Kier alpha value is -1.22. The van der Waals surface area contributed by atoms with E-state index in [2.05, 4.69) is 11.4 Å². The fourth-order valence-electron chi connectivity index (χ4n) is 2.11. The van der Waals surface area contributed by atoms with Gasteiger partial charge in [0, 0.05) is 6.54 Å². The summed E-state index contributed by atoms with van der Waals surface area (Å²) in [5.74, 6) is 2.49. The normalized spacial score (nSPS) is 15.4. The molecule has 1 N–H and O–H groups in total.